The first-order valence-corrected chi connectivity index (χ1v) is 20.7. The molecule has 4 saturated heterocycles. The maximum absolute atomic E-state index is 15.0. The van der Waals surface area contributed by atoms with Crippen molar-refractivity contribution in [2.75, 3.05) is 64.4 Å². The predicted molar refractivity (Wildman–Crippen MR) is 205 cm³/mol. The molecule has 12 nitrogen and oxygen atoms in total. The molecular formula is C40H51FN6O6S. The van der Waals surface area contributed by atoms with Crippen molar-refractivity contribution in [1.82, 2.24) is 25.1 Å². The van der Waals surface area contributed by atoms with Gasteiger partial charge in [-0.1, -0.05) is 0 Å². The SMILES string of the molecule is O=C1CCC(Nc2ccc(O[C@@H]3C[C@@H]4CN(CCN5CCC(COc6cc(F)c7c(=O)[nH]c(CSC8CCOCC8)nc7c6)CC5)C[C@@H]4C3)cc2)C(=O)N1. The van der Waals surface area contributed by atoms with Gasteiger partial charge < -0.3 is 34.3 Å². The lowest BCUT2D eigenvalue weighted by molar-refractivity contribution is -0.133. The number of likely N-dealkylation sites (tertiary alicyclic amines) is 2. The lowest BCUT2D eigenvalue weighted by Gasteiger charge is -2.33. The number of rotatable bonds is 13. The Hall–Kier alpha value is -3.72. The topological polar surface area (TPSA) is 138 Å². The van der Waals surface area contributed by atoms with Crippen molar-refractivity contribution in [2.45, 2.75) is 74.5 Å². The molecule has 14 heteroatoms. The fraction of sp³-hybridized carbons (Fsp3) is 0.600. The van der Waals surface area contributed by atoms with Crippen LogP contribution in [0.4, 0.5) is 10.1 Å². The van der Waals surface area contributed by atoms with Gasteiger partial charge in [0.15, 0.2) is 0 Å². The van der Waals surface area contributed by atoms with Crippen LogP contribution in [0.5, 0.6) is 11.5 Å². The molecule has 0 radical (unpaired) electrons. The standard InChI is InChI=1S/C40H51FN6O6S/c41-33-19-30(20-35-38(33)40(50)44-36(43-35)24-54-32-9-15-51-16-10-32)52-23-25-7-11-46(12-8-25)13-14-47-21-26-17-31(18-27(26)22-47)53-29-3-1-28(2-4-29)42-34-5-6-37(48)45-39(34)49/h1-4,19-20,25-27,31-32,34,42H,5-18,21-24H2,(H,43,44,50)(H,45,48,49)/t26-,27+,31-,34?. The van der Waals surface area contributed by atoms with Gasteiger partial charge in [0.25, 0.3) is 5.56 Å². The second kappa shape index (κ2) is 17.0. The average molecular weight is 763 g/mol. The number of hydrogen-bond donors (Lipinski definition) is 3. The second-order valence-electron chi connectivity index (χ2n) is 15.7. The van der Waals surface area contributed by atoms with E-state index in [0.717, 1.165) is 102 Å². The highest BCUT2D eigenvalue weighted by atomic mass is 32.2. The van der Waals surface area contributed by atoms with Crippen LogP contribution in [0.25, 0.3) is 10.9 Å². The zero-order valence-corrected chi connectivity index (χ0v) is 31.5. The third-order valence-electron chi connectivity index (χ3n) is 11.9. The summed E-state index contributed by atoms with van der Waals surface area (Å²) in [5.74, 6) is 3.06. The number of imide groups is 1. The van der Waals surface area contributed by atoms with E-state index in [9.17, 15) is 14.4 Å². The lowest BCUT2D eigenvalue weighted by atomic mass is 9.98. The van der Waals surface area contributed by atoms with E-state index in [4.69, 9.17) is 14.2 Å². The highest BCUT2D eigenvalue weighted by Crippen LogP contribution is 2.40. The number of anilines is 1. The fourth-order valence-electron chi connectivity index (χ4n) is 8.79. The van der Waals surface area contributed by atoms with Crippen molar-refractivity contribution in [3.05, 3.63) is 58.4 Å². The van der Waals surface area contributed by atoms with Crippen LogP contribution >= 0.6 is 11.8 Å². The molecule has 1 aliphatic carbocycles. The highest BCUT2D eigenvalue weighted by molar-refractivity contribution is 7.99. The molecule has 1 saturated carbocycles. The number of carbonyl (C=O) groups excluding carboxylic acids is 2. The fourth-order valence-corrected chi connectivity index (χ4v) is 9.84. The molecule has 0 spiro atoms. The number of thioether (sulfide) groups is 1. The Bertz CT molecular complexity index is 1830. The van der Waals surface area contributed by atoms with Crippen LogP contribution in [0.15, 0.2) is 41.2 Å². The van der Waals surface area contributed by atoms with E-state index in [2.05, 4.69) is 30.4 Å². The van der Waals surface area contributed by atoms with Crippen molar-refractivity contribution in [3.63, 3.8) is 0 Å². The minimum absolute atomic E-state index is 0.0181. The molecule has 54 heavy (non-hydrogen) atoms. The van der Waals surface area contributed by atoms with Gasteiger partial charge >= 0.3 is 0 Å². The predicted octanol–water partition coefficient (Wildman–Crippen LogP) is 4.57. The van der Waals surface area contributed by atoms with E-state index in [0.29, 0.717) is 65.3 Å². The lowest BCUT2D eigenvalue weighted by Crippen LogP contribution is -2.47. The molecule has 5 aliphatic rings. The molecule has 5 fully saturated rings. The highest BCUT2D eigenvalue weighted by Gasteiger charge is 2.41. The van der Waals surface area contributed by atoms with Crippen LogP contribution in [0.1, 0.15) is 57.2 Å². The van der Waals surface area contributed by atoms with E-state index < -0.39 is 17.4 Å². The van der Waals surface area contributed by atoms with Crippen molar-refractivity contribution in [2.24, 2.45) is 17.8 Å². The zero-order valence-electron chi connectivity index (χ0n) is 30.7. The molecule has 2 amide bonds. The summed E-state index contributed by atoms with van der Waals surface area (Å²) in [5.41, 5.74) is 0.734. The van der Waals surface area contributed by atoms with Crippen LogP contribution in [-0.4, -0.2) is 108 Å². The van der Waals surface area contributed by atoms with Crippen LogP contribution in [0.2, 0.25) is 0 Å². The number of halogens is 1. The number of ether oxygens (including phenoxy) is 3. The molecule has 3 aromatic rings. The average Bonchev–Trinajstić information content (AvgIpc) is 3.73. The Kier molecular flexibility index (Phi) is 11.7. The summed E-state index contributed by atoms with van der Waals surface area (Å²) >= 11 is 1.76. The van der Waals surface area contributed by atoms with Gasteiger partial charge in [-0.05, 0) is 100 Å². The molecule has 1 aromatic heterocycles. The van der Waals surface area contributed by atoms with E-state index in [-0.39, 0.29) is 23.3 Å². The number of H-pyrrole nitrogens is 1. The van der Waals surface area contributed by atoms with Gasteiger partial charge in [0, 0.05) is 68.9 Å². The number of aromatic amines is 1. The summed E-state index contributed by atoms with van der Waals surface area (Å²) < 4.78 is 32.9. The normalized spacial score (nSPS) is 25.9. The van der Waals surface area contributed by atoms with E-state index in [1.165, 1.54) is 6.07 Å². The number of amides is 2. The number of fused-ring (bicyclic) bond motifs is 2. The first kappa shape index (κ1) is 37.2. The Morgan fingerprint density at radius 3 is 2.41 bits per heavy atom. The molecule has 8 rings (SSSR count). The third-order valence-corrected chi connectivity index (χ3v) is 13.2. The summed E-state index contributed by atoms with van der Waals surface area (Å²) in [6.07, 6.45) is 7.29. The number of benzene rings is 2. The largest absolute Gasteiger partial charge is 0.493 e. The van der Waals surface area contributed by atoms with E-state index >= 15 is 4.39 Å². The van der Waals surface area contributed by atoms with Gasteiger partial charge in [-0.25, -0.2) is 9.37 Å². The Morgan fingerprint density at radius 1 is 0.926 bits per heavy atom. The number of nitrogens with one attached hydrogen (secondary N) is 3. The number of hydrogen-bond acceptors (Lipinski definition) is 11. The van der Waals surface area contributed by atoms with Crippen LogP contribution in [0, 0.1) is 23.6 Å². The van der Waals surface area contributed by atoms with Crippen LogP contribution in [0.3, 0.4) is 0 Å². The van der Waals surface area contributed by atoms with Gasteiger partial charge in [-0.2, -0.15) is 11.8 Å². The van der Waals surface area contributed by atoms with Gasteiger partial charge in [-0.15, -0.1) is 0 Å². The van der Waals surface area contributed by atoms with Crippen LogP contribution in [-0.2, 0) is 20.1 Å². The van der Waals surface area contributed by atoms with Crippen LogP contribution < -0.4 is 25.7 Å². The molecule has 290 valence electrons. The number of aromatic nitrogens is 2. The molecular weight excluding hydrogens is 712 g/mol. The molecule has 3 N–H and O–H groups in total. The Morgan fingerprint density at radius 2 is 1.67 bits per heavy atom. The van der Waals surface area contributed by atoms with Crippen molar-refractivity contribution >= 4 is 40.2 Å². The molecule has 2 aromatic carbocycles. The summed E-state index contributed by atoms with van der Waals surface area (Å²) in [6, 6.07) is 10.4. The molecule has 0 bridgehead atoms. The van der Waals surface area contributed by atoms with Crippen molar-refractivity contribution in [1.29, 1.82) is 0 Å². The minimum atomic E-state index is -0.600. The summed E-state index contributed by atoms with van der Waals surface area (Å²) in [5, 5.41) is 6.06. The van der Waals surface area contributed by atoms with Gasteiger partial charge in [0.1, 0.15) is 34.6 Å². The number of nitrogens with zero attached hydrogens (tertiary/aromatic N) is 3. The van der Waals surface area contributed by atoms with Gasteiger partial charge in [0.05, 0.1) is 24.0 Å². The molecule has 5 heterocycles. The first-order valence-electron chi connectivity index (χ1n) is 19.7. The Labute approximate surface area is 319 Å². The number of carbonyl (C=O) groups is 2. The van der Waals surface area contributed by atoms with E-state index in [1.54, 1.807) is 17.8 Å². The van der Waals surface area contributed by atoms with Crippen molar-refractivity contribution < 1.29 is 28.2 Å². The second-order valence-corrected chi connectivity index (χ2v) is 17.0. The smallest absolute Gasteiger partial charge is 0.261 e. The molecule has 4 atom stereocenters. The third kappa shape index (κ3) is 9.21. The molecule has 4 aliphatic heterocycles. The van der Waals surface area contributed by atoms with Gasteiger partial charge in [-0.3, -0.25) is 19.7 Å². The van der Waals surface area contributed by atoms with Gasteiger partial charge in [0.2, 0.25) is 11.8 Å². The quantitative estimate of drug-likeness (QED) is 0.211. The van der Waals surface area contributed by atoms with Crippen molar-refractivity contribution in [3.8, 4) is 11.5 Å². The number of piperidine rings is 2. The monoisotopic (exact) mass is 762 g/mol. The first-order chi connectivity index (χ1) is 26.3. The Balaban J connectivity index is 0.730. The maximum Gasteiger partial charge on any atom is 0.261 e. The van der Waals surface area contributed by atoms with E-state index in [1.807, 2.05) is 24.3 Å². The molecule has 1 unspecified atom stereocenters. The summed E-state index contributed by atoms with van der Waals surface area (Å²) in [6.45, 7) is 8.52. The minimum Gasteiger partial charge on any atom is -0.493 e. The maximum atomic E-state index is 15.0. The zero-order chi connectivity index (χ0) is 37.0. The summed E-state index contributed by atoms with van der Waals surface area (Å²) in [7, 11) is 0. The summed E-state index contributed by atoms with van der Waals surface area (Å²) in [4.78, 5) is 48.7.